The van der Waals surface area contributed by atoms with Gasteiger partial charge in [-0.15, -0.1) is 11.8 Å². The van der Waals surface area contributed by atoms with Gasteiger partial charge in [0, 0.05) is 24.5 Å². The van der Waals surface area contributed by atoms with Crippen LogP contribution in [0.1, 0.15) is 25.5 Å². The lowest BCUT2D eigenvalue weighted by molar-refractivity contribution is -0.157. The van der Waals surface area contributed by atoms with E-state index in [1.54, 1.807) is 18.0 Å². The smallest absolute Gasteiger partial charge is 0.354 e. The largest absolute Gasteiger partial charge is 0.477 e. The van der Waals surface area contributed by atoms with Crippen LogP contribution < -0.4 is 0 Å². The van der Waals surface area contributed by atoms with E-state index in [2.05, 4.69) is 9.88 Å². The van der Waals surface area contributed by atoms with Gasteiger partial charge < -0.3 is 10.2 Å². The minimum Gasteiger partial charge on any atom is -0.477 e. The van der Waals surface area contributed by atoms with E-state index in [1.807, 2.05) is 25.1 Å². The maximum absolute atomic E-state index is 12.4. The van der Waals surface area contributed by atoms with Crippen LogP contribution in [0, 0.1) is 5.92 Å². The van der Waals surface area contributed by atoms with Crippen LogP contribution in [-0.4, -0.2) is 66.7 Å². The second-order valence-corrected chi connectivity index (χ2v) is 9.94. The Labute approximate surface area is 172 Å². The lowest BCUT2D eigenvalue weighted by Crippen LogP contribution is -2.61. The number of carbonyl (C=O) groups excluding carboxylic acids is 1. The second kappa shape index (κ2) is 8.06. The average molecular weight is 422 g/mol. The molecule has 2 N–H and O–H groups in total. The molecule has 2 saturated heterocycles. The molecule has 0 radical (unpaired) electrons. The van der Waals surface area contributed by atoms with E-state index in [9.17, 15) is 19.8 Å². The number of aliphatic carboxylic acids is 1. The SMILES string of the molecule is CCC(O)C1C(=O)N2C(C(=O)O)=C(SC3CCN(Cc4ccccn4)C3)SC12. The fourth-order valence-electron chi connectivity index (χ4n) is 3.91. The van der Waals surface area contributed by atoms with Crippen LogP contribution in [0.15, 0.2) is 34.3 Å². The molecule has 4 heterocycles. The van der Waals surface area contributed by atoms with Crippen molar-refractivity contribution in [2.75, 3.05) is 13.1 Å². The number of aliphatic hydroxyl groups excluding tert-OH is 1. The highest BCUT2D eigenvalue weighted by Gasteiger charge is 2.58. The molecule has 3 aliphatic heterocycles. The van der Waals surface area contributed by atoms with E-state index >= 15 is 0 Å². The number of carbonyl (C=O) groups is 2. The number of rotatable bonds is 7. The zero-order chi connectivity index (χ0) is 19.8. The lowest BCUT2D eigenvalue weighted by Gasteiger charge is -2.44. The van der Waals surface area contributed by atoms with Gasteiger partial charge in [-0.25, -0.2) is 4.79 Å². The Morgan fingerprint density at radius 2 is 2.29 bits per heavy atom. The van der Waals surface area contributed by atoms with Crippen molar-refractivity contribution in [3.8, 4) is 0 Å². The minimum absolute atomic E-state index is 0.0905. The third kappa shape index (κ3) is 3.56. The molecule has 0 bridgehead atoms. The molecule has 4 atom stereocenters. The third-order valence-corrected chi connectivity index (χ3v) is 8.25. The molecular formula is C19H23N3O4S2. The van der Waals surface area contributed by atoms with Crippen molar-refractivity contribution < 1.29 is 19.8 Å². The van der Waals surface area contributed by atoms with Crippen LogP contribution in [0.25, 0.3) is 0 Å². The van der Waals surface area contributed by atoms with Gasteiger partial charge in [0.05, 0.1) is 22.0 Å². The molecule has 1 aromatic heterocycles. The molecular weight excluding hydrogens is 398 g/mol. The number of thioether (sulfide) groups is 2. The first kappa shape index (κ1) is 19.8. The number of likely N-dealkylation sites (tertiary alicyclic amines) is 1. The predicted octanol–water partition coefficient (Wildman–Crippen LogP) is 1.94. The molecule has 28 heavy (non-hydrogen) atoms. The maximum atomic E-state index is 12.4. The standard InChI is InChI=1S/C19H23N3O4S2/c1-2-13(23)14-16(24)22-15(18(25)26)19(28-17(14)22)27-12-6-8-21(10-12)9-11-5-3-4-7-20-11/h3-5,7,12-14,17,23H,2,6,8-10H2,1H3,(H,25,26). The fraction of sp³-hybridized carbons (Fsp3) is 0.526. The van der Waals surface area contributed by atoms with E-state index in [4.69, 9.17) is 0 Å². The number of hydrogen-bond donors (Lipinski definition) is 2. The minimum atomic E-state index is -1.07. The van der Waals surface area contributed by atoms with Crippen LogP contribution >= 0.6 is 23.5 Å². The Morgan fingerprint density at radius 3 is 2.96 bits per heavy atom. The van der Waals surface area contributed by atoms with Crippen LogP contribution in [0.4, 0.5) is 0 Å². The summed E-state index contributed by atoms with van der Waals surface area (Å²) in [5.41, 5.74) is 1.12. The number of hydrogen-bond acceptors (Lipinski definition) is 7. The molecule has 0 saturated carbocycles. The van der Waals surface area contributed by atoms with Crippen molar-refractivity contribution in [3.05, 3.63) is 40.0 Å². The number of nitrogens with zero attached hydrogens (tertiary/aromatic N) is 3. The Hall–Kier alpha value is -1.55. The van der Waals surface area contributed by atoms with Gasteiger partial charge in [0.2, 0.25) is 5.91 Å². The predicted molar refractivity (Wildman–Crippen MR) is 108 cm³/mol. The van der Waals surface area contributed by atoms with Crippen molar-refractivity contribution in [2.24, 2.45) is 5.92 Å². The van der Waals surface area contributed by atoms with Crippen molar-refractivity contribution in [1.29, 1.82) is 0 Å². The topological polar surface area (TPSA) is 94.0 Å². The quantitative estimate of drug-likeness (QED) is 0.645. The summed E-state index contributed by atoms with van der Waals surface area (Å²) in [6.45, 7) is 4.42. The zero-order valence-corrected chi connectivity index (χ0v) is 17.2. The zero-order valence-electron chi connectivity index (χ0n) is 15.5. The number of β-lactam (4-membered cyclic amide) rings is 1. The van der Waals surface area contributed by atoms with E-state index in [0.717, 1.165) is 31.7 Å². The van der Waals surface area contributed by atoms with Crippen molar-refractivity contribution in [3.63, 3.8) is 0 Å². The molecule has 150 valence electrons. The van der Waals surface area contributed by atoms with E-state index in [-0.39, 0.29) is 22.2 Å². The first-order chi connectivity index (χ1) is 13.5. The summed E-state index contributed by atoms with van der Waals surface area (Å²) >= 11 is 2.98. The van der Waals surface area contributed by atoms with Crippen LogP contribution in [0.3, 0.4) is 0 Å². The number of aliphatic hydroxyl groups is 1. The molecule has 9 heteroatoms. The van der Waals surface area contributed by atoms with Crippen LogP contribution in [-0.2, 0) is 16.1 Å². The highest BCUT2D eigenvalue weighted by molar-refractivity contribution is 8.23. The third-order valence-electron chi connectivity index (χ3n) is 5.40. The molecule has 4 rings (SSSR count). The Kier molecular flexibility index (Phi) is 5.69. The number of carboxylic acid groups (broad SMARTS) is 1. The van der Waals surface area contributed by atoms with E-state index in [1.165, 1.54) is 16.7 Å². The van der Waals surface area contributed by atoms with Gasteiger partial charge in [0.25, 0.3) is 0 Å². The fourth-order valence-corrected chi connectivity index (χ4v) is 7.22. The van der Waals surface area contributed by atoms with E-state index < -0.39 is 18.0 Å². The summed E-state index contributed by atoms with van der Waals surface area (Å²) in [6.07, 6.45) is 2.52. The first-order valence-electron chi connectivity index (χ1n) is 9.44. The Bertz CT molecular complexity index is 804. The molecule has 0 aromatic carbocycles. The summed E-state index contributed by atoms with van der Waals surface area (Å²) in [5.74, 6) is -1.85. The average Bonchev–Trinajstić information content (AvgIpc) is 3.25. The molecule has 1 aromatic rings. The summed E-state index contributed by atoms with van der Waals surface area (Å²) < 4.78 is 0.696. The molecule has 0 spiro atoms. The highest BCUT2D eigenvalue weighted by atomic mass is 32.2. The van der Waals surface area contributed by atoms with Gasteiger partial charge in [-0.3, -0.25) is 19.6 Å². The summed E-state index contributed by atoms with van der Waals surface area (Å²) in [7, 11) is 0. The monoisotopic (exact) mass is 421 g/mol. The summed E-state index contributed by atoms with van der Waals surface area (Å²) in [4.78, 5) is 32.3. The number of carboxylic acids is 1. The molecule has 1 amide bonds. The van der Waals surface area contributed by atoms with Crippen molar-refractivity contribution in [1.82, 2.24) is 14.8 Å². The highest BCUT2D eigenvalue weighted by Crippen LogP contribution is 2.55. The second-order valence-electron chi connectivity index (χ2n) is 7.24. The number of amides is 1. The normalized spacial score (nSPS) is 28.4. The van der Waals surface area contributed by atoms with Gasteiger partial charge in [0.15, 0.2) is 5.70 Å². The van der Waals surface area contributed by atoms with E-state index in [0.29, 0.717) is 10.7 Å². The maximum Gasteiger partial charge on any atom is 0.354 e. The van der Waals surface area contributed by atoms with Gasteiger partial charge in [0.1, 0.15) is 5.37 Å². The molecule has 7 nitrogen and oxygen atoms in total. The van der Waals surface area contributed by atoms with Gasteiger partial charge in [-0.05, 0) is 31.5 Å². The Morgan fingerprint density at radius 1 is 1.46 bits per heavy atom. The van der Waals surface area contributed by atoms with Gasteiger partial charge in [-0.1, -0.05) is 24.8 Å². The molecule has 0 aliphatic carbocycles. The number of aromatic nitrogens is 1. The van der Waals surface area contributed by atoms with Crippen molar-refractivity contribution >= 4 is 35.4 Å². The molecule has 3 aliphatic rings. The lowest BCUT2D eigenvalue weighted by atomic mass is 9.90. The Balaban J connectivity index is 1.42. The van der Waals surface area contributed by atoms with Crippen molar-refractivity contribution in [2.45, 2.75) is 43.0 Å². The van der Waals surface area contributed by atoms with Gasteiger partial charge in [-0.2, -0.15) is 0 Å². The molecule has 4 unspecified atom stereocenters. The first-order valence-corrected chi connectivity index (χ1v) is 11.2. The number of pyridine rings is 1. The van der Waals surface area contributed by atoms with Crippen LogP contribution in [0.2, 0.25) is 0 Å². The molecule has 2 fully saturated rings. The summed E-state index contributed by atoms with van der Waals surface area (Å²) in [6, 6.07) is 5.89. The summed E-state index contributed by atoms with van der Waals surface area (Å²) in [5, 5.41) is 19.8. The van der Waals surface area contributed by atoms with Crippen LogP contribution in [0.5, 0.6) is 0 Å². The number of fused-ring (bicyclic) bond motifs is 1. The van der Waals surface area contributed by atoms with Gasteiger partial charge >= 0.3 is 5.97 Å².